The molecule has 3 atom stereocenters. The molecular formula is C23H28ClN5O3. The van der Waals surface area contributed by atoms with Gasteiger partial charge in [-0.25, -0.2) is 4.79 Å². The van der Waals surface area contributed by atoms with Gasteiger partial charge in [-0.05, 0) is 50.1 Å². The van der Waals surface area contributed by atoms with Crippen LogP contribution in [0.15, 0.2) is 40.8 Å². The SMILES string of the molecule is CCC(NC(=O)N1CC(O)CC1c1nnc(C)n1Cc1ccc(Cl)cc1)c1ccc(C)o1. The smallest absolute Gasteiger partial charge is 0.318 e. The summed E-state index contributed by atoms with van der Waals surface area (Å²) in [4.78, 5) is 14.9. The van der Waals surface area contributed by atoms with E-state index in [1.165, 1.54) is 0 Å². The summed E-state index contributed by atoms with van der Waals surface area (Å²) >= 11 is 6.01. The number of nitrogens with zero attached hydrogens (tertiary/aromatic N) is 4. The first-order chi connectivity index (χ1) is 15.4. The second kappa shape index (κ2) is 9.34. The molecule has 0 spiro atoms. The van der Waals surface area contributed by atoms with E-state index in [2.05, 4.69) is 15.5 Å². The van der Waals surface area contributed by atoms with Gasteiger partial charge in [-0.2, -0.15) is 0 Å². The molecule has 3 aromatic rings. The van der Waals surface area contributed by atoms with Gasteiger partial charge in [-0.1, -0.05) is 30.7 Å². The van der Waals surface area contributed by atoms with E-state index in [0.717, 1.165) is 22.9 Å². The number of aliphatic hydroxyl groups is 1. The van der Waals surface area contributed by atoms with Crippen LogP contribution in [0.2, 0.25) is 5.02 Å². The third-order valence-electron chi connectivity index (χ3n) is 5.87. The molecule has 0 saturated carbocycles. The van der Waals surface area contributed by atoms with E-state index in [1.807, 2.05) is 61.7 Å². The van der Waals surface area contributed by atoms with Crippen LogP contribution in [-0.2, 0) is 6.54 Å². The molecule has 0 radical (unpaired) electrons. The first-order valence-corrected chi connectivity index (χ1v) is 11.2. The molecule has 170 valence electrons. The van der Waals surface area contributed by atoms with Gasteiger partial charge in [0.15, 0.2) is 5.82 Å². The molecule has 1 saturated heterocycles. The van der Waals surface area contributed by atoms with Gasteiger partial charge in [0.25, 0.3) is 0 Å². The van der Waals surface area contributed by atoms with Crippen molar-refractivity contribution >= 4 is 17.6 Å². The highest BCUT2D eigenvalue weighted by Gasteiger charge is 2.39. The number of carbonyl (C=O) groups excluding carboxylic acids is 1. The fourth-order valence-corrected chi connectivity index (χ4v) is 4.27. The van der Waals surface area contributed by atoms with Gasteiger partial charge in [0, 0.05) is 18.0 Å². The lowest BCUT2D eigenvalue weighted by Crippen LogP contribution is -2.42. The maximum absolute atomic E-state index is 13.2. The van der Waals surface area contributed by atoms with Gasteiger partial charge in [0.1, 0.15) is 17.3 Å². The van der Waals surface area contributed by atoms with Crippen LogP contribution in [0.3, 0.4) is 0 Å². The summed E-state index contributed by atoms with van der Waals surface area (Å²) in [7, 11) is 0. The van der Waals surface area contributed by atoms with E-state index >= 15 is 0 Å². The Hall–Kier alpha value is -2.84. The Kier molecular flexibility index (Phi) is 6.53. The fourth-order valence-electron chi connectivity index (χ4n) is 4.14. The monoisotopic (exact) mass is 457 g/mol. The van der Waals surface area contributed by atoms with Crippen molar-refractivity contribution in [1.82, 2.24) is 25.0 Å². The molecular weight excluding hydrogens is 430 g/mol. The minimum Gasteiger partial charge on any atom is -0.464 e. The van der Waals surface area contributed by atoms with Crippen molar-refractivity contribution in [2.45, 2.75) is 58.3 Å². The van der Waals surface area contributed by atoms with Gasteiger partial charge < -0.3 is 24.3 Å². The fraction of sp³-hybridized carbons (Fsp3) is 0.435. The van der Waals surface area contributed by atoms with Crippen LogP contribution >= 0.6 is 11.6 Å². The summed E-state index contributed by atoms with van der Waals surface area (Å²) in [5.74, 6) is 2.92. The van der Waals surface area contributed by atoms with E-state index in [9.17, 15) is 9.90 Å². The maximum atomic E-state index is 13.2. The standard InChI is InChI=1S/C23H28ClN5O3/c1-4-19(21-10-5-14(2)32-21)25-23(31)29-13-18(30)11-20(29)22-27-26-15(3)28(22)12-16-6-8-17(24)9-7-16/h5-10,18-20,30H,4,11-13H2,1-3H3,(H,25,31). The molecule has 32 heavy (non-hydrogen) atoms. The summed E-state index contributed by atoms with van der Waals surface area (Å²) in [6.45, 7) is 6.54. The maximum Gasteiger partial charge on any atom is 0.318 e. The lowest BCUT2D eigenvalue weighted by molar-refractivity contribution is 0.165. The normalized spacial score (nSPS) is 19.3. The lowest BCUT2D eigenvalue weighted by Gasteiger charge is -2.27. The predicted octanol–water partition coefficient (Wildman–Crippen LogP) is 4.16. The van der Waals surface area contributed by atoms with E-state index in [0.29, 0.717) is 30.2 Å². The van der Waals surface area contributed by atoms with Gasteiger partial charge in [0.2, 0.25) is 0 Å². The highest BCUT2D eigenvalue weighted by molar-refractivity contribution is 6.30. The molecule has 0 bridgehead atoms. The molecule has 0 aliphatic carbocycles. The quantitative estimate of drug-likeness (QED) is 0.579. The topological polar surface area (TPSA) is 96.4 Å². The zero-order valence-corrected chi connectivity index (χ0v) is 19.2. The number of hydrogen-bond donors (Lipinski definition) is 2. The number of benzene rings is 1. The summed E-state index contributed by atoms with van der Waals surface area (Å²) < 4.78 is 7.70. The number of likely N-dealkylation sites (tertiary alicyclic amines) is 1. The van der Waals surface area contributed by atoms with Crippen LogP contribution in [0.25, 0.3) is 0 Å². The van der Waals surface area contributed by atoms with Crippen LogP contribution in [-0.4, -0.2) is 43.5 Å². The Labute approximate surface area is 192 Å². The van der Waals surface area contributed by atoms with Gasteiger partial charge >= 0.3 is 6.03 Å². The Morgan fingerprint density at radius 3 is 2.66 bits per heavy atom. The first kappa shape index (κ1) is 22.4. The predicted molar refractivity (Wildman–Crippen MR) is 120 cm³/mol. The van der Waals surface area contributed by atoms with Crippen LogP contribution in [0.5, 0.6) is 0 Å². The third-order valence-corrected chi connectivity index (χ3v) is 6.12. The Balaban J connectivity index is 1.56. The zero-order valence-electron chi connectivity index (χ0n) is 18.5. The third kappa shape index (κ3) is 4.66. The number of aromatic nitrogens is 3. The van der Waals surface area contributed by atoms with Crippen molar-refractivity contribution in [2.75, 3.05) is 6.54 Å². The highest BCUT2D eigenvalue weighted by Crippen LogP contribution is 2.32. The number of amides is 2. The Morgan fingerprint density at radius 1 is 1.25 bits per heavy atom. The average Bonchev–Trinajstić information content (AvgIpc) is 3.47. The van der Waals surface area contributed by atoms with Crippen molar-refractivity contribution in [3.8, 4) is 0 Å². The number of carbonyl (C=O) groups is 1. The number of β-amino-alcohol motifs (C(OH)–C–C–N with tert-alkyl or cyclic N) is 1. The molecule has 1 aliphatic rings. The number of aliphatic hydroxyl groups excluding tert-OH is 1. The van der Waals surface area contributed by atoms with E-state index in [-0.39, 0.29) is 24.7 Å². The van der Waals surface area contributed by atoms with Crippen LogP contribution in [0.1, 0.15) is 60.6 Å². The number of nitrogens with one attached hydrogen (secondary N) is 1. The van der Waals surface area contributed by atoms with Crippen LogP contribution in [0, 0.1) is 13.8 Å². The van der Waals surface area contributed by atoms with E-state index in [4.69, 9.17) is 16.0 Å². The highest BCUT2D eigenvalue weighted by atomic mass is 35.5. The molecule has 8 nitrogen and oxygen atoms in total. The summed E-state index contributed by atoms with van der Waals surface area (Å²) in [5, 5.41) is 22.8. The van der Waals surface area contributed by atoms with E-state index < -0.39 is 6.10 Å². The summed E-state index contributed by atoms with van der Waals surface area (Å²) in [6.07, 6.45) is 0.465. The minimum absolute atomic E-state index is 0.233. The van der Waals surface area contributed by atoms with Crippen molar-refractivity contribution in [3.05, 3.63) is 70.2 Å². The first-order valence-electron chi connectivity index (χ1n) is 10.8. The molecule has 2 aromatic heterocycles. The van der Waals surface area contributed by atoms with Crippen LogP contribution < -0.4 is 5.32 Å². The number of aryl methyl sites for hydroxylation is 2. The lowest BCUT2D eigenvalue weighted by atomic mass is 10.1. The van der Waals surface area contributed by atoms with Crippen molar-refractivity contribution < 1.29 is 14.3 Å². The van der Waals surface area contributed by atoms with Crippen molar-refractivity contribution in [3.63, 3.8) is 0 Å². The molecule has 3 unspecified atom stereocenters. The van der Waals surface area contributed by atoms with Crippen molar-refractivity contribution in [2.24, 2.45) is 0 Å². The Bertz CT molecular complexity index is 1080. The molecule has 2 amide bonds. The number of halogens is 1. The summed E-state index contributed by atoms with van der Waals surface area (Å²) in [5.41, 5.74) is 1.05. The second-order valence-electron chi connectivity index (χ2n) is 8.23. The van der Waals surface area contributed by atoms with E-state index in [1.54, 1.807) is 4.90 Å². The van der Waals surface area contributed by atoms with Crippen molar-refractivity contribution in [1.29, 1.82) is 0 Å². The average molecular weight is 458 g/mol. The van der Waals surface area contributed by atoms with Gasteiger partial charge in [-0.3, -0.25) is 0 Å². The summed E-state index contributed by atoms with van der Waals surface area (Å²) in [6, 6.07) is 10.5. The number of furan rings is 1. The molecule has 1 fully saturated rings. The molecule has 4 rings (SSSR count). The zero-order chi connectivity index (χ0) is 22.8. The molecule has 9 heteroatoms. The molecule has 3 heterocycles. The van der Waals surface area contributed by atoms with Gasteiger partial charge in [0.05, 0.1) is 24.7 Å². The number of hydrogen-bond acceptors (Lipinski definition) is 5. The van der Waals surface area contributed by atoms with Crippen LogP contribution in [0.4, 0.5) is 4.79 Å². The number of urea groups is 1. The molecule has 2 N–H and O–H groups in total. The Morgan fingerprint density at radius 2 is 2.00 bits per heavy atom. The molecule has 1 aliphatic heterocycles. The minimum atomic E-state index is -0.627. The second-order valence-corrected chi connectivity index (χ2v) is 8.67. The van der Waals surface area contributed by atoms with Gasteiger partial charge in [-0.15, -0.1) is 10.2 Å². The largest absolute Gasteiger partial charge is 0.464 e. The molecule has 1 aromatic carbocycles. The number of rotatable bonds is 6.